The third kappa shape index (κ3) is 3.87. The molecular formula is C11H20N2O8. The van der Waals surface area contributed by atoms with Crippen LogP contribution in [0.1, 0.15) is 13.3 Å². The minimum absolute atomic E-state index is 0.518. The fourth-order valence-corrected chi connectivity index (χ4v) is 2.21. The molecule has 0 bridgehead atoms. The number of aliphatic carboxylic acids is 1. The maximum absolute atomic E-state index is 11.2. The van der Waals surface area contributed by atoms with Gasteiger partial charge in [0.15, 0.2) is 0 Å². The van der Waals surface area contributed by atoms with Crippen molar-refractivity contribution in [3.05, 3.63) is 0 Å². The summed E-state index contributed by atoms with van der Waals surface area (Å²) >= 11 is 0. The second-order valence-corrected chi connectivity index (χ2v) is 5.01. The molecule has 1 aliphatic rings. The van der Waals surface area contributed by atoms with Gasteiger partial charge in [-0.1, -0.05) is 0 Å². The van der Waals surface area contributed by atoms with Crippen LogP contribution in [0.25, 0.3) is 0 Å². The molecule has 1 heterocycles. The van der Waals surface area contributed by atoms with E-state index in [0.29, 0.717) is 0 Å². The third-order valence-corrected chi connectivity index (χ3v) is 3.28. The van der Waals surface area contributed by atoms with Crippen molar-refractivity contribution < 1.29 is 39.9 Å². The first-order chi connectivity index (χ1) is 9.62. The number of amides is 1. The molecule has 1 saturated heterocycles. The maximum atomic E-state index is 11.2. The van der Waals surface area contributed by atoms with Crippen LogP contribution in [0, 0.1) is 0 Å². The Morgan fingerprint density at radius 3 is 2.48 bits per heavy atom. The fraction of sp³-hybridized carbons (Fsp3) is 0.818. The van der Waals surface area contributed by atoms with Crippen molar-refractivity contribution >= 4 is 11.9 Å². The van der Waals surface area contributed by atoms with Crippen molar-refractivity contribution in [3.63, 3.8) is 0 Å². The van der Waals surface area contributed by atoms with Crippen LogP contribution in [-0.2, 0) is 14.3 Å². The van der Waals surface area contributed by atoms with Crippen LogP contribution in [0.3, 0.4) is 0 Å². The molecule has 1 fully saturated rings. The Balaban J connectivity index is 3.07. The van der Waals surface area contributed by atoms with Gasteiger partial charge in [0.2, 0.25) is 5.91 Å². The van der Waals surface area contributed by atoms with E-state index in [1.807, 2.05) is 0 Å². The largest absolute Gasteiger partial charge is 0.477 e. The van der Waals surface area contributed by atoms with Crippen LogP contribution in [0.15, 0.2) is 0 Å². The number of nitrogens with two attached hydrogens (primary N) is 1. The van der Waals surface area contributed by atoms with Gasteiger partial charge in [-0.25, -0.2) is 4.79 Å². The number of rotatable bonds is 5. The normalized spacial score (nSPS) is 35.8. The molecule has 0 aromatic heterocycles. The van der Waals surface area contributed by atoms with Crippen LogP contribution in [-0.4, -0.2) is 80.2 Å². The van der Waals surface area contributed by atoms with Crippen LogP contribution in [0.4, 0.5) is 0 Å². The van der Waals surface area contributed by atoms with Crippen LogP contribution in [0.5, 0.6) is 0 Å². The Hall–Kier alpha value is -1.30. The van der Waals surface area contributed by atoms with E-state index < -0.39 is 61.1 Å². The van der Waals surface area contributed by atoms with Gasteiger partial charge in [0.25, 0.3) is 5.79 Å². The van der Waals surface area contributed by atoms with Gasteiger partial charge in [-0.3, -0.25) is 4.79 Å². The molecule has 8 N–H and O–H groups in total. The van der Waals surface area contributed by atoms with E-state index in [9.17, 15) is 24.9 Å². The zero-order valence-corrected chi connectivity index (χ0v) is 11.3. The van der Waals surface area contributed by atoms with Crippen molar-refractivity contribution in [2.24, 2.45) is 5.73 Å². The fourth-order valence-electron chi connectivity index (χ4n) is 2.21. The molecular weight excluding hydrogens is 288 g/mol. The number of aliphatic hydroxyl groups is 4. The summed E-state index contributed by atoms with van der Waals surface area (Å²) in [7, 11) is 0. The van der Waals surface area contributed by atoms with Gasteiger partial charge in [0.05, 0.1) is 12.6 Å². The first-order valence-corrected chi connectivity index (χ1v) is 6.25. The highest BCUT2D eigenvalue weighted by molar-refractivity contribution is 5.76. The van der Waals surface area contributed by atoms with Crippen LogP contribution < -0.4 is 11.1 Å². The van der Waals surface area contributed by atoms with Gasteiger partial charge in [-0.2, -0.15) is 0 Å². The lowest BCUT2D eigenvalue weighted by molar-refractivity contribution is -0.282. The lowest BCUT2D eigenvalue weighted by atomic mass is 9.87. The van der Waals surface area contributed by atoms with Gasteiger partial charge >= 0.3 is 5.97 Å². The van der Waals surface area contributed by atoms with Gasteiger partial charge in [0.1, 0.15) is 18.3 Å². The van der Waals surface area contributed by atoms with Gasteiger partial charge in [-0.15, -0.1) is 0 Å². The number of carboxylic acid groups (broad SMARTS) is 1. The maximum Gasteiger partial charge on any atom is 0.364 e. The first kappa shape index (κ1) is 17.8. The molecule has 0 aliphatic carbocycles. The molecule has 0 aromatic carbocycles. The van der Waals surface area contributed by atoms with Crippen molar-refractivity contribution in [2.75, 3.05) is 6.61 Å². The standard InChI is InChI=1S/C11H20N2O8/c1-4(15)13-7-5(12)2-11(20,10(18)19)21-9(7)8(17)6(16)3-14/h5-9,14,16-17,20H,2-3,12H2,1H3,(H,13,15)(H,18,19)/t5-,6+,7+,8+,9+,11+/m0/s1. The Labute approximate surface area is 120 Å². The molecule has 10 nitrogen and oxygen atoms in total. The van der Waals surface area contributed by atoms with E-state index in [1.54, 1.807) is 0 Å². The molecule has 122 valence electrons. The van der Waals surface area contributed by atoms with Crippen LogP contribution in [0.2, 0.25) is 0 Å². The lowest BCUT2D eigenvalue weighted by Gasteiger charge is -2.45. The Kier molecular flexibility index (Phi) is 5.61. The second kappa shape index (κ2) is 6.64. The molecule has 10 heteroatoms. The zero-order chi connectivity index (χ0) is 16.4. The van der Waals surface area contributed by atoms with Gasteiger partial charge in [0, 0.05) is 19.4 Å². The topological polar surface area (TPSA) is 183 Å². The minimum atomic E-state index is -2.66. The predicted molar refractivity (Wildman–Crippen MR) is 66.8 cm³/mol. The molecule has 6 atom stereocenters. The smallest absolute Gasteiger partial charge is 0.364 e. The number of carboxylic acids is 1. The number of carbonyl (C=O) groups is 2. The average molecular weight is 308 g/mol. The van der Waals surface area contributed by atoms with Crippen molar-refractivity contribution in [2.45, 2.75) is 49.5 Å². The quantitative estimate of drug-likeness (QED) is 0.267. The third-order valence-electron chi connectivity index (χ3n) is 3.28. The highest BCUT2D eigenvalue weighted by atomic mass is 16.7. The van der Waals surface area contributed by atoms with Gasteiger partial charge in [-0.05, 0) is 0 Å². The van der Waals surface area contributed by atoms with E-state index in [2.05, 4.69) is 5.32 Å². The Bertz CT molecular complexity index is 406. The SMILES string of the molecule is CC(=O)N[C@H]1[C@H]([C@H](O)[C@H](O)CO)O[C@@](O)(C(=O)O)C[C@@H]1N. The summed E-state index contributed by atoms with van der Waals surface area (Å²) in [5.41, 5.74) is 5.74. The molecule has 1 rings (SSSR count). The molecule has 0 unspecified atom stereocenters. The highest BCUT2D eigenvalue weighted by Crippen LogP contribution is 2.29. The summed E-state index contributed by atoms with van der Waals surface area (Å²) < 4.78 is 4.94. The molecule has 0 radical (unpaired) electrons. The number of ether oxygens (including phenoxy) is 1. The number of nitrogens with one attached hydrogen (secondary N) is 1. The minimum Gasteiger partial charge on any atom is -0.477 e. The van der Waals surface area contributed by atoms with E-state index >= 15 is 0 Å². The highest BCUT2D eigenvalue weighted by Gasteiger charge is 2.53. The average Bonchev–Trinajstić information content (AvgIpc) is 2.39. The van der Waals surface area contributed by atoms with E-state index in [4.69, 9.17) is 20.7 Å². The summed E-state index contributed by atoms with van der Waals surface area (Å²) in [6, 6.07) is -2.09. The summed E-state index contributed by atoms with van der Waals surface area (Å²) in [5, 5.41) is 49.4. The van der Waals surface area contributed by atoms with Crippen molar-refractivity contribution in [3.8, 4) is 0 Å². The van der Waals surface area contributed by atoms with E-state index in [1.165, 1.54) is 6.92 Å². The Morgan fingerprint density at radius 2 is 2.05 bits per heavy atom. The lowest BCUT2D eigenvalue weighted by Crippen LogP contribution is -2.69. The summed E-state index contributed by atoms with van der Waals surface area (Å²) in [4.78, 5) is 22.2. The molecule has 1 aliphatic heterocycles. The number of hydrogen-bond acceptors (Lipinski definition) is 8. The van der Waals surface area contributed by atoms with Gasteiger partial charge < -0.3 is 41.3 Å². The van der Waals surface area contributed by atoms with Crippen molar-refractivity contribution in [1.29, 1.82) is 0 Å². The molecule has 21 heavy (non-hydrogen) atoms. The second-order valence-electron chi connectivity index (χ2n) is 5.01. The number of aliphatic hydroxyl groups excluding tert-OH is 3. The van der Waals surface area contributed by atoms with E-state index in [-0.39, 0.29) is 0 Å². The summed E-state index contributed by atoms with van der Waals surface area (Å²) in [6.07, 6.45) is -5.45. The molecule has 0 aromatic rings. The molecule has 1 amide bonds. The van der Waals surface area contributed by atoms with Crippen molar-refractivity contribution in [1.82, 2.24) is 5.32 Å². The molecule has 0 spiro atoms. The van der Waals surface area contributed by atoms with E-state index in [0.717, 1.165) is 0 Å². The number of hydrogen-bond donors (Lipinski definition) is 7. The summed E-state index contributed by atoms with van der Waals surface area (Å²) in [6.45, 7) is 0.352. The Morgan fingerprint density at radius 1 is 1.48 bits per heavy atom. The summed E-state index contributed by atoms with van der Waals surface area (Å²) in [5.74, 6) is -4.89. The number of carbonyl (C=O) groups excluding carboxylic acids is 1. The molecule has 0 saturated carbocycles. The predicted octanol–water partition coefficient (Wildman–Crippen LogP) is -3.91. The zero-order valence-electron chi connectivity index (χ0n) is 11.3. The first-order valence-electron chi connectivity index (χ1n) is 6.25. The van der Waals surface area contributed by atoms with Crippen LogP contribution >= 0.6 is 0 Å². The monoisotopic (exact) mass is 308 g/mol.